The minimum atomic E-state index is -0.265. The van der Waals surface area contributed by atoms with Gasteiger partial charge in [-0.15, -0.1) is 0 Å². The summed E-state index contributed by atoms with van der Waals surface area (Å²) in [6.45, 7) is 9.35. The predicted octanol–water partition coefficient (Wildman–Crippen LogP) is 5.62. The van der Waals surface area contributed by atoms with Crippen LogP contribution in [0, 0.1) is 40.4 Å². The quantitative estimate of drug-likeness (QED) is 0.394. The Bertz CT molecular complexity index is 717. The number of hydrogen-bond acceptors (Lipinski definition) is 4. The van der Waals surface area contributed by atoms with Crippen molar-refractivity contribution < 1.29 is 14.6 Å². The summed E-state index contributed by atoms with van der Waals surface area (Å²) in [5.74, 6) is 3.39. The number of nitrogens with two attached hydrogens (primary N) is 1. The second kappa shape index (κ2) is 9.41. The lowest BCUT2D eigenvalue weighted by Crippen LogP contribution is -2.50. The van der Waals surface area contributed by atoms with Gasteiger partial charge in [-0.2, -0.15) is 0 Å². The van der Waals surface area contributed by atoms with Crippen LogP contribution in [0.15, 0.2) is 11.6 Å². The molecule has 0 spiro atoms. The van der Waals surface area contributed by atoms with E-state index < -0.39 is 0 Å². The summed E-state index contributed by atoms with van der Waals surface area (Å²) in [5.41, 5.74) is 7.79. The van der Waals surface area contributed by atoms with Gasteiger partial charge in [0.25, 0.3) is 0 Å². The third-order valence-corrected chi connectivity index (χ3v) is 10.5. The smallest absolute Gasteiger partial charge is 0.319 e. The van der Waals surface area contributed by atoms with Gasteiger partial charge in [0.1, 0.15) is 6.10 Å². The monoisotopic (exact) mass is 445 g/mol. The number of allylic oxidation sites excluding steroid dienone is 1. The van der Waals surface area contributed by atoms with E-state index in [0.29, 0.717) is 11.3 Å². The van der Waals surface area contributed by atoms with Crippen molar-refractivity contribution in [2.24, 2.45) is 46.2 Å². The molecule has 182 valence electrons. The van der Waals surface area contributed by atoms with Crippen molar-refractivity contribution in [3.05, 3.63) is 11.6 Å². The average molecular weight is 446 g/mol. The molecule has 3 saturated carbocycles. The topological polar surface area (TPSA) is 72.5 Å². The maximum Gasteiger partial charge on any atom is 0.319 e. The number of ether oxygens (including phenoxy) is 1. The summed E-state index contributed by atoms with van der Waals surface area (Å²) < 4.78 is 5.62. The van der Waals surface area contributed by atoms with Gasteiger partial charge >= 0.3 is 5.97 Å². The molecule has 4 rings (SSSR count). The SMILES string of the molecule is CC(C)C(O)CCC[C@H]1CCC2[C@@H]3CC=C4CC(OC(=O)CN)CCC4(C)C3CC[C@@]21C. The average Bonchev–Trinajstić information content (AvgIpc) is 3.10. The first-order valence-electron chi connectivity index (χ1n) is 13.5. The Balaban J connectivity index is 1.42. The third kappa shape index (κ3) is 4.31. The van der Waals surface area contributed by atoms with Crippen LogP contribution >= 0.6 is 0 Å². The number of fused-ring (bicyclic) bond motifs is 5. The fourth-order valence-corrected chi connectivity index (χ4v) is 8.45. The van der Waals surface area contributed by atoms with Crippen LogP contribution in [-0.2, 0) is 9.53 Å². The van der Waals surface area contributed by atoms with E-state index >= 15 is 0 Å². The van der Waals surface area contributed by atoms with E-state index in [1.54, 1.807) is 5.57 Å². The highest BCUT2D eigenvalue weighted by molar-refractivity contribution is 5.71. The zero-order valence-electron chi connectivity index (χ0n) is 20.9. The molecule has 0 heterocycles. The summed E-state index contributed by atoms with van der Waals surface area (Å²) in [7, 11) is 0. The fourth-order valence-electron chi connectivity index (χ4n) is 8.45. The van der Waals surface area contributed by atoms with Crippen molar-refractivity contribution in [3.8, 4) is 0 Å². The molecule has 0 aromatic carbocycles. The van der Waals surface area contributed by atoms with Crippen LogP contribution in [0.2, 0.25) is 0 Å². The van der Waals surface area contributed by atoms with Crippen LogP contribution in [0.1, 0.15) is 98.3 Å². The van der Waals surface area contributed by atoms with Gasteiger partial charge < -0.3 is 15.6 Å². The highest BCUT2D eigenvalue weighted by Crippen LogP contribution is 2.66. The molecule has 4 aliphatic carbocycles. The summed E-state index contributed by atoms with van der Waals surface area (Å²) in [6.07, 6.45) is 15.6. The third-order valence-electron chi connectivity index (χ3n) is 10.5. The summed E-state index contributed by atoms with van der Waals surface area (Å²) in [4.78, 5) is 11.7. The number of aliphatic hydroxyl groups is 1. The van der Waals surface area contributed by atoms with E-state index in [0.717, 1.165) is 49.4 Å². The van der Waals surface area contributed by atoms with Gasteiger partial charge in [-0.3, -0.25) is 4.79 Å². The van der Waals surface area contributed by atoms with E-state index in [-0.39, 0.29) is 30.1 Å². The number of hydrogen-bond donors (Lipinski definition) is 2. The molecule has 0 radical (unpaired) electrons. The zero-order valence-corrected chi connectivity index (χ0v) is 20.9. The fraction of sp³-hybridized carbons (Fsp3) is 0.893. The van der Waals surface area contributed by atoms with E-state index in [1.807, 2.05) is 0 Å². The van der Waals surface area contributed by atoms with Gasteiger partial charge in [0.05, 0.1) is 12.6 Å². The van der Waals surface area contributed by atoms with Gasteiger partial charge in [0.15, 0.2) is 0 Å². The van der Waals surface area contributed by atoms with Crippen LogP contribution in [0.3, 0.4) is 0 Å². The van der Waals surface area contributed by atoms with Gasteiger partial charge in [-0.05, 0) is 98.2 Å². The summed E-state index contributed by atoms with van der Waals surface area (Å²) in [6, 6.07) is 0. The van der Waals surface area contributed by atoms with Gasteiger partial charge in [0, 0.05) is 6.42 Å². The summed E-state index contributed by atoms with van der Waals surface area (Å²) >= 11 is 0. The maximum atomic E-state index is 11.7. The van der Waals surface area contributed by atoms with Gasteiger partial charge in [0.2, 0.25) is 0 Å². The second-order valence-corrected chi connectivity index (χ2v) is 12.4. The van der Waals surface area contributed by atoms with Gasteiger partial charge in [-0.1, -0.05) is 45.8 Å². The van der Waals surface area contributed by atoms with Crippen molar-refractivity contribution in [2.75, 3.05) is 6.54 Å². The summed E-state index contributed by atoms with van der Waals surface area (Å²) in [5, 5.41) is 10.2. The second-order valence-electron chi connectivity index (χ2n) is 12.4. The first kappa shape index (κ1) is 24.3. The van der Waals surface area contributed by atoms with Crippen LogP contribution < -0.4 is 5.73 Å². The Morgan fingerprint density at radius 2 is 1.97 bits per heavy atom. The minimum Gasteiger partial charge on any atom is -0.461 e. The van der Waals surface area contributed by atoms with E-state index in [2.05, 4.69) is 33.8 Å². The van der Waals surface area contributed by atoms with Crippen molar-refractivity contribution in [3.63, 3.8) is 0 Å². The largest absolute Gasteiger partial charge is 0.461 e. The van der Waals surface area contributed by atoms with Crippen molar-refractivity contribution in [1.29, 1.82) is 0 Å². The molecule has 0 aliphatic heterocycles. The Morgan fingerprint density at radius 1 is 1.19 bits per heavy atom. The number of esters is 1. The molecule has 4 heteroatoms. The van der Waals surface area contributed by atoms with Crippen molar-refractivity contribution in [2.45, 2.75) is 111 Å². The molecule has 4 nitrogen and oxygen atoms in total. The Morgan fingerprint density at radius 3 is 2.69 bits per heavy atom. The number of rotatable bonds is 7. The number of carbonyl (C=O) groups is 1. The van der Waals surface area contributed by atoms with Crippen LogP contribution in [0.5, 0.6) is 0 Å². The van der Waals surface area contributed by atoms with Crippen LogP contribution in [-0.4, -0.2) is 29.8 Å². The number of carbonyl (C=O) groups excluding carboxylic acids is 1. The van der Waals surface area contributed by atoms with Crippen LogP contribution in [0.4, 0.5) is 0 Å². The lowest BCUT2D eigenvalue weighted by atomic mass is 9.47. The molecule has 4 aliphatic rings. The minimum absolute atomic E-state index is 0.0185. The van der Waals surface area contributed by atoms with E-state index in [4.69, 9.17) is 10.5 Å². The van der Waals surface area contributed by atoms with E-state index in [1.165, 1.54) is 44.9 Å². The molecular weight excluding hydrogens is 398 g/mol. The standard InChI is InChI=1S/C28H47NO3/c1-18(2)25(30)7-5-6-19-9-11-23-22-10-8-20-16-21(32-26(31)17-29)12-14-28(20,4)24(22)13-15-27(19,23)3/h8,18-19,21-25,30H,5-7,9-17,29H2,1-4H3/t19-,21?,22-,23?,24?,25?,27+,28?/m0/s1. The normalized spacial score (nSPS) is 42.0. The lowest BCUT2D eigenvalue weighted by Gasteiger charge is -2.58. The molecule has 0 aromatic rings. The Labute approximate surface area is 195 Å². The van der Waals surface area contributed by atoms with Crippen LogP contribution in [0.25, 0.3) is 0 Å². The first-order valence-corrected chi connectivity index (χ1v) is 13.5. The first-order chi connectivity index (χ1) is 15.2. The van der Waals surface area contributed by atoms with E-state index in [9.17, 15) is 9.90 Å². The Hall–Kier alpha value is -0.870. The molecule has 0 amide bonds. The predicted molar refractivity (Wildman–Crippen MR) is 129 cm³/mol. The zero-order chi connectivity index (χ0) is 23.1. The molecule has 3 N–H and O–H groups in total. The molecule has 0 bridgehead atoms. The molecular formula is C28H47NO3. The maximum absolute atomic E-state index is 11.7. The molecule has 3 fully saturated rings. The van der Waals surface area contributed by atoms with Crippen molar-refractivity contribution >= 4 is 5.97 Å². The molecule has 8 atom stereocenters. The highest BCUT2D eigenvalue weighted by atomic mass is 16.5. The lowest BCUT2D eigenvalue weighted by molar-refractivity contribution is -0.149. The molecule has 0 aromatic heterocycles. The molecule has 5 unspecified atom stereocenters. The molecule has 0 saturated heterocycles. The van der Waals surface area contributed by atoms with Crippen molar-refractivity contribution in [1.82, 2.24) is 0 Å². The Kier molecular flexibility index (Phi) is 7.13. The highest BCUT2D eigenvalue weighted by Gasteiger charge is 2.58. The number of aliphatic hydroxyl groups excluding tert-OH is 1. The molecule has 32 heavy (non-hydrogen) atoms. The van der Waals surface area contributed by atoms with Gasteiger partial charge in [-0.25, -0.2) is 0 Å².